The van der Waals surface area contributed by atoms with E-state index in [0.29, 0.717) is 22.3 Å². The Hall–Kier alpha value is -3.32. The largest absolute Gasteiger partial charge is 0.497 e. The van der Waals surface area contributed by atoms with Crippen LogP contribution in [-0.4, -0.2) is 33.4 Å². The molecule has 0 atom stereocenters. The van der Waals surface area contributed by atoms with Gasteiger partial charge >= 0.3 is 0 Å². The predicted octanol–water partition coefficient (Wildman–Crippen LogP) is 4.51. The first-order chi connectivity index (χ1) is 13.8. The Morgan fingerprint density at radius 2 is 1.82 bits per heavy atom. The van der Waals surface area contributed by atoms with Crippen molar-refractivity contribution in [2.24, 2.45) is 0 Å². The summed E-state index contributed by atoms with van der Waals surface area (Å²) in [6, 6.07) is 20.5. The number of carbonyl (C=O) groups is 1. The Kier molecular flexibility index (Phi) is 5.25. The maximum absolute atomic E-state index is 12.6. The average molecular weight is 391 g/mol. The van der Waals surface area contributed by atoms with Crippen molar-refractivity contribution in [3.8, 4) is 23.0 Å². The Balaban J connectivity index is 1.60. The van der Waals surface area contributed by atoms with E-state index in [1.54, 1.807) is 43.7 Å². The molecular weight excluding hydrogens is 374 g/mol. The number of para-hydroxylation sites is 1. The van der Waals surface area contributed by atoms with Crippen LogP contribution in [0.5, 0.6) is 5.75 Å². The van der Waals surface area contributed by atoms with Crippen molar-refractivity contribution in [2.45, 2.75) is 5.16 Å². The Morgan fingerprint density at radius 3 is 2.50 bits per heavy atom. The minimum atomic E-state index is 0.00909. The zero-order chi connectivity index (χ0) is 19.3. The van der Waals surface area contributed by atoms with Gasteiger partial charge in [0.15, 0.2) is 16.7 Å². The SMILES string of the molecule is COc1ccc(C(=O)CSc2nnc(-c3ccco3)n2-c2ccccc2)cc1. The van der Waals surface area contributed by atoms with E-state index in [2.05, 4.69) is 10.2 Å². The summed E-state index contributed by atoms with van der Waals surface area (Å²) < 4.78 is 12.5. The van der Waals surface area contributed by atoms with Gasteiger partial charge < -0.3 is 9.15 Å². The maximum atomic E-state index is 12.6. The van der Waals surface area contributed by atoms with Crippen LogP contribution in [0.3, 0.4) is 0 Å². The van der Waals surface area contributed by atoms with Crippen LogP contribution in [0.4, 0.5) is 0 Å². The van der Waals surface area contributed by atoms with E-state index < -0.39 is 0 Å². The molecule has 0 aliphatic heterocycles. The Labute approximate surface area is 166 Å². The monoisotopic (exact) mass is 391 g/mol. The van der Waals surface area contributed by atoms with Crippen LogP contribution in [-0.2, 0) is 0 Å². The second-order valence-electron chi connectivity index (χ2n) is 5.89. The highest BCUT2D eigenvalue weighted by Crippen LogP contribution is 2.28. The molecule has 0 radical (unpaired) electrons. The van der Waals surface area contributed by atoms with Gasteiger partial charge in [-0.3, -0.25) is 9.36 Å². The second kappa shape index (κ2) is 8.14. The number of thioether (sulfide) groups is 1. The average Bonchev–Trinajstić information content (AvgIpc) is 3.42. The molecule has 4 rings (SSSR count). The van der Waals surface area contributed by atoms with E-state index >= 15 is 0 Å². The molecule has 0 saturated carbocycles. The number of furan rings is 1. The van der Waals surface area contributed by atoms with Crippen molar-refractivity contribution in [3.05, 3.63) is 78.6 Å². The molecule has 0 aliphatic rings. The molecule has 0 bridgehead atoms. The summed E-state index contributed by atoms with van der Waals surface area (Å²) >= 11 is 1.34. The van der Waals surface area contributed by atoms with Crippen molar-refractivity contribution in [2.75, 3.05) is 12.9 Å². The summed E-state index contributed by atoms with van der Waals surface area (Å²) in [6.07, 6.45) is 1.60. The molecule has 0 aliphatic carbocycles. The fourth-order valence-corrected chi connectivity index (χ4v) is 3.58. The highest BCUT2D eigenvalue weighted by Gasteiger charge is 2.19. The van der Waals surface area contributed by atoms with Gasteiger partial charge in [-0.05, 0) is 48.5 Å². The minimum Gasteiger partial charge on any atom is -0.497 e. The molecule has 6 nitrogen and oxygen atoms in total. The lowest BCUT2D eigenvalue weighted by Gasteiger charge is -2.09. The van der Waals surface area contributed by atoms with Crippen LogP contribution in [0.25, 0.3) is 17.3 Å². The maximum Gasteiger partial charge on any atom is 0.205 e. The molecule has 28 heavy (non-hydrogen) atoms. The lowest BCUT2D eigenvalue weighted by atomic mass is 10.1. The Morgan fingerprint density at radius 1 is 1.04 bits per heavy atom. The van der Waals surface area contributed by atoms with Crippen LogP contribution in [0.15, 0.2) is 82.6 Å². The molecule has 7 heteroatoms. The van der Waals surface area contributed by atoms with Crippen LogP contribution in [0.2, 0.25) is 0 Å². The standard InChI is InChI=1S/C21H17N3O3S/c1-26-17-11-9-15(10-12-17)18(25)14-28-21-23-22-20(19-8-5-13-27-19)24(21)16-6-3-2-4-7-16/h2-13H,14H2,1H3. The van der Waals surface area contributed by atoms with E-state index in [0.717, 1.165) is 11.4 Å². The molecule has 2 aromatic heterocycles. The fraction of sp³-hybridized carbons (Fsp3) is 0.0952. The number of rotatable bonds is 7. The molecule has 2 heterocycles. The number of Topliss-reactive ketones (excluding diaryl/α,β-unsaturated/α-hetero) is 1. The van der Waals surface area contributed by atoms with Crippen molar-refractivity contribution >= 4 is 17.5 Å². The summed E-state index contributed by atoms with van der Waals surface area (Å²) in [4.78, 5) is 12.6. The van der Waals surface area contributed by atoms with Crippen molar-refractivity contribution < 1.29 is 13.9 Å². The third-order valence-corrected chi connectivity index (χ3v) is 5.06. The smallest absolute Gasteiger partial charge is 0.205 e. The number of carbonyl (C=O) groups excluding carboxylic acids is 1. The number of hydrogen-bond donors (Lipinski definition) is 0. The fourth-order valence-electron chi connectivity index (χ4n) is 2.73. The lowest BCUT2D eigenvalue weighted by molar-refractivity contribution is 0.102. The lowest BCUT2D eigenvalue weighted by Crippen LogP contribution is -2.05. The molecule has 0 N–H and O–H groups in total. The zero-order valence-electron chi connectivity index (χ0n) is 15.1. The Bertz CT molecular complexity index is 1060. The highest BCUT2D eigenvalue weighted by atomic mass is 32.2. The molecule has 0 fully saturated rings. The summed E-state index contributed by atoms with van der Waals surface area (Å²) in [6.45, 7) is 0. The van der Waals surface area contributed by atoms with Crippen LogP contribution in [0.1, 0.15) is 10.4 Å². The van der Waals surface area contributed by atoms with Crippen molar-refractivity contribution in [3.63, 3.8) is 0 Å². The van der Waals surface area contributed by atoms with Gasteiger partial charge in [0.2, 0.25) is 5.82 Å². The van der Waals surface area contributed by atoms with Gasteiger partial charge in [-0.2, -0.15) is 0 Å². The van der Waals surface area contributed by atoms with E-state index in [4.69, 9.17) is 9.15 Å². The number of aromatic nitrogens is 3. The summed E-state index contributed by atoms with van der Waals surface area (Å²) in [5.74, 6) is 2.18. The normalized spacial score (nSPS) is 10.8. The van der Waals surface area contributed by atoms with Crippen LogP contribution < -0.4 is 4.74 Å². The number of hydrogen-bond acceptors (Lipinski definition) is 6. The summed E-state index contributed by atoms with van der Waals surface area (Å²) in [5.41, 5.74) is 1.53. The van der Waals surface area contributed by atoms with E-state index in [1.165, 1.54) is 11.8 Å². The first-order valence-electron chi connectivity index (χ1n) is 8.61. The van der Waals surface area contributed by atoms with E-state index in [-0.39, 0.29) is 11.5 Å². The molecule has 0 amide bonds. The first-order valence-corrected chi connectivity index (χ1v) is 9.59. The first kappa shape index (κ1) is 18.1. The number of benzene rings is 2. The number of ketones is 1. The van der Waals surface area contributed by atoms with Crippen molar-refractivity contribution in [1.82, 2.24) is 14.8 Å². The summed E-state index contributed by atoms with van der Waals surface area (Å²) in [7, 11) is 1.60. The van der Waals surface area contributed by atoms with Gasteiger partial charge in [0.25, 0.3) is 0 Å². The van der Waals surface area contributed by atoms with Gasteiger partial charge in [-0.15, -0.1) is 10.2 Å². The van der Waals surface area contributed by atoms with Crippen LogP contribution in [0, 0.1) is 0 Å². The number of methoxy groups -OCH3 is 1. The highest BCUT2D eigenvalue weighted by molar-refractivity contribution is 7.99. The molecule has 140 valence electrons. The molecule has 2 aromatic carbocycles. The van der Waals surface area contributed by atoms with Gasteiger partial charge in [0, 0.05) is 11.3 Å². The molecule has 4 aromatic rings. The second-order valence-corrected chi connectivity index (χ2v) is 6.84. The minimum absolute atomic E-state index is 0.00909. The number of ether oxygens (including phenoxy) is 1. The van der Waals surface area contributed by atoms with Gasteiger partial charge in [0.1, 0.15) is 5.75 Å². The van der Waals surface area contributed by atoms with Gasteiger partial charge in [0.05, 0.1) is 19.1 Å². The summed E-state index contributed by atoms with van der Waals surface area (Å²) in [5, 5.41) is 9.19. The third-order valence-electron chi connectivity index (χ3n) is 4.13. The molecular formula is C21H17N3O3S. The molecule has 0 spiro atoms. The van der Waals surface area contributed by atoms with E-state index in [9.17, 15) is 4.79 Å². The van der Waals surface area contributed by atoms with Gasteiger partial charge in [-0.25, -0.2) is 0 Å². The van der Waals surface area contributed by atoms with E-state index in [1.807, 2.05) is 41.0 Å². The van der Waals surface area contributed by atoms with Crippen LogP contribution >= 0.6 is 11.8 Å². The molecule has 0 unspecified atom stereocenters. The number of nitrogens with zero attached hydrogens (tertiary/aromatic N) is 3. The quantitative estimate of drug-likeness (QED) is 0.341. The van der Waals surface area contributed by atoms with Crippen molar-refractivity contribution in [1.29, 1.82) is 0 Å². The zero-order valence-corrected chi connectivity index (χ0v) is 15.9. The third kappa shape index (κ3) is 3.70. The predicted molar refractivity (Wildman–Crippen MR) is 107 cm³/mol. The van der Waals surface area contributed by atoms with Gasteiger partial charge in [-0.1, -0.05) is 30.0 Å². The molecule has 0 saturated heterocycles. The topological polar surface area (TPSA) is 70.2 Å².